The molecule has 8 heteroatoms. The number of sulfonamides is 1. The van der Waals surface area contributed by atoms with Gasteiger partial charge in [0.05, 0.1) is 29.1 Å². The lowest BCUT2D eigenvalue weighted by Gasteiger charge is -2.24. The van der Waals surface area contributed by atoms with Crippen molar-refractivity contribution in [1.29, 1.82) is 0 Å². The quantitative estimate of drug-likeness (QED) is 0.365. The van der Waals surface area contributed by atoms with Gasteiger partial charge in [0.15, 0.2) is 0 Å². The van der Waals surface area contributed by atoms with Crippen LogP contribution in [0.1, 0.15) is 40.6 Å². The predicted molar refractivity (Wildman–Crippen MR) is 133 cm³/mol. The van der Waals surface area contributed by atoms with E-state index in [-0.39, 0.29) is 23.8 Å². The molecule has 0 aromatic heterocycles. The Bertz CT molecular complexity index is 1260. The van der Waals surface area contributed by atoms with E-state index >= 15 is 0 Å². The van der Waals surface area contributed by atoms with Gasteiger partial charge in [0, 0.05) is 13.0 Å². The molecular formula is C27H30N2O5S. The fraction of sp³-hybridized carbons (Fsp3) is 0.296. The first-order valence-corrected chi connectivity index (χ1v) is 13.1. The Kier molecular flexibility index (Phi) is 7.66. The summed E-state index contributed by atoms with van der Waals surface area (Å²) < 4.78 is 27.6. The summed E-state index contributed by atoms with van der Waals surface area (Å²) in [7, 11) is -3.80. The monoisotopic (exact) mass is 494 g/mol. The fourth-order valence-corrected chi connectivity index (χ4v) is 5.52. The van der Waals surface area contributed by atoms with E-state index in [0.717, 1.165) is 16.7 Å². The average Bonchev–Trinajstić information content (AvgIpc) is 3.17. The Hall–Kier alpha value is -3.04. The minimum atomic E-state index is -3.80. The standard InChI is InChI=1S/C27H30N2O5S/c1-18-11-13-22(14-12-18)35(33,34)28-17-21(30)16-24(19-7-3-2-4-8-19)27(32)29-26-23-10-6-5-9-20(23)15-25(26)31/h2-14,21,24-26,28,30-31H,15-17H2,1H3,(H,29,32)/t21-,24-,25+,26-/m0/s1. The molecule has 4 rings (SSSR count). The summed E-state index contributed by atoms with van der Waals surface area (Å²) in [6.07, 6.45) is -1.37. The van der Waals surface area contributed by atoms with Crippen molar-refractivity contribution in [3.8, 4) is 0 Å². The number of aliphatic hydroxyl groups is 2. The normalized spacial score (nSPS) is 19.1. The Morgan fingerprint density at radius 1 is 1.00 bits per heavy atom. The second-order valence-corrected chi connectivity index (χ2v) is 10.7. The third-order valence-electron chi connectivity index (χ3n) is 6.37. The number of aliphatic hydroxyl groups excluding tert-OH is 2. The Morgan fingerprint density at radius 2 is 1.66 bits per heavy atom. The van der Waals surface area contributed by atoms with E-state index in [9.17, 15) is 23.4 Å². The summed E-state index contributed by atoms with van der Waals surface area (Å²) in [5.74, 6) is -1.06. The number of amides is 1. The van der Waals surface area contributed by atoms with Gasteiger partial charge in [0.1, 0.15) is 0 Å². The van der Waals surface area contributed by atoms with Crippen molar-refractivity contribution in [3.63, 3.8) is 0 Å². The SMILES string of the molecule is Cc1ccc(S(=O)(=O)NC[C@@H](O)C[C@H](C(=O)N[C@H]2c3ccccc3C[C@H]2O)c2ccccc2)cc1. The summed E-state index contributed by atoms with van der Waals surface area (Å²) >= 11 is 0. The van der Waals surface area contributed by atoms with Gasteiger partial charge in [-0.15, -0.1) is 0 Å². The molecule has 35 heavy (non-hydrogen) atoms. The minimum Gasteiger partial charge on any atom is -0.392 e. The summed E-state index contributed by atoms with van der Waals surface area (Å²) in [6, 6.07) is 22.5. The van der Waals surface area contributed by atoms with Crippen molar-refractivity contribution in [2.24, 2.45) is 0 Å². The van der Waals surface area contributed by atoms with Gasteiger partial charge in [-0.25, -0.2) is 13.1 Å². The molecule has 0 unspecified atom stereocenters. The van der Waals surface area contributed by atoms with E-state index in [1.54, 1.807) is 24.3 Å². The third-order valence-corrected chi connectivity index (χ3v) is 7.81. The van der Waals surface area contributed by atoms with Crippen LogP contribution in [-0.4, -0.2) is 43.3 Å². The largest absolute Gasteiger partial charge is 0.392 e. The Balaban J connectivity index is 1.46. The number of carbonyl (C=O) groups excluding carboxylic acids is 1. The highest BCUT2D eigenvalue weighted by atomic mass is 32.2. The number of benzene rings is 3. The first kappa shape index (κ1) is 25.1. The molecule has 0 bridgehead atoms. The van der Waals surface area contributed by atoms with E-state index in [4.69, 9.17) is 0 Å². The molecule has 3 aromatic carbocycles. The maximum absolute atomic E-state index is 13.4. The van der Waals surface area contributed by atoms with E-state index in [1.165, 1.54) is 12.1 Å². The first-order chi connectivity index (χ1) is 16.7. The highest BCUT2D eigenvalue weighted by Crippen LogP contribution is 2.32. The van der Waals surface area contributed by atoms with E-state index in [1.807, 2.05) is 49.4 Å². The molecule has 0 spiro atoms. The fourth-order valence-electron chi connectivity index (χ4n) is 4.44. The summed E-state index contributed by atoms with van der Waals surface area (Å²) in [4.78, 5) is 13.5. The van der Waals surface area contributed by atoms with Gasteiger partial charge in [0.25, 0.3) is 0 Å². The molecule has 0 heterocycles. The molecule has 1 aliphatic carbocycles. The molecule has 7 nitrogen and oxygen atoms in total. The lowest BCUT2D eigenvalue weighted by molar-refractivity contribution is -0.124. The molecule has 0 saturated heterocycles. The summed E-state index contributed by atoms with van der Waals surface area (Å²) in [6.45, 7) is 1.63. The van der Waals surface area contributed by atoms with Crippen LogP contribution in [0.2, 0.25) is 0 Å². The average molecular weight is 495 g/mol. The van der Waals surface area contributed by atoms with Gasteiger partial charge < -0.3 is 15.5 Å². The van der Waals surface area contributed by atoms with Crippen molar-refractivity contribution in [2.45, 2.75) is 48.8 Å². The smallest absolute Gasteiger partial charge is 0.240 e. The van der Waals surface area contributed by atoms with Gasteiger partial charge >= 0.3 is 0 Å². The molecular weight excluding hydrogens is 464 g/mol. The van der Waals surface area contributed by atoms with Crippen LogP contribution in [-0.2, 0) is 21.2 Å². The first-order valence-electron chi connectivity index (χ1n) is 11.6. The van der Waals surface area contributed by atoms with E-state index in [2.05, 4.69) is 10.0 Å². The number of aryl methyl sites for hydroxylation is 1. The molecule has 0 fully saturated rings. The minimum absolute atomic E-state index is 0.0106. The second kappa shape index (κ2) is 10.7. The van der Waals surface area contributed by atoms with Crippen molar-refractivity contribution < 1.29 is 23.4 Å². The van der Waals surface area contributed by atoms with Crippen LogP contribution < -0.4 is 10.0 Å². The van der Waals surface area contributed by atoms with Crippen molar-refractivity contribution in [1.82, 2.24) is 10.0 Å². The van der Waals surface area contributed by atoms with Gasteiger partial charge in [-0.2, -0.15) is 0 Å². The topological polar surface area (TPSA) is 116 Å². The van der Waals surface area contributed by atoms with Crippen LogP contribution >= 0.6 is 0 Å². The number of carbonyl (C=O) groups is 1. The number of rotatable bonds is 9. The summed E-state index contributed by atoms with van der Waals surface area (Å²) in [5, 5.41) is 24.2. The zero-order valence-corrected chi connectivity index (χ0v) is 20.3. The second-order valence-electron chi connectivity index (χ2n) is 8.97. The van der Waals surface area contributed by atoms with Crippen LogP contribution in [0.3, 0.4) is 0 Å². The molecule has 184 valence electrons. The summed E-state index contributed by atoms with van der Waals surface area (Å²) in [5.41, 5.74) is 3.51. The van der Waals surface area contributed by atoms with Crippen LogP contribution in [0.25, 0.3) is 0 Å². The molecule has 1 aliphatic rings. The molecule has 1 amide bonds. The number of hydrogen-bond donors (Lipinski definition) is 4. The number of fused-ring (bicyclic) bond motifs is 1. The number of hydrogen-bond acceptors (Lipinski definition) is 5. The molecule has 0 saturated carbocycles. The maximum atomic E-state index is 13.4. The number of nitrogens with one attached hydrogen (secondary N) is 2. The van der Waals surface area contributed by atoms with Crippen molar-refractivity contribution in [3.05, 3.63) is 101 Å². The van der Waals surface area contributed by atoms with Crippen molar-refractivity contribution >= 4 is 15.9 Å². The van der Waals surface area contributed by atoms with Gasteiger partial charge in [-0.3, -0.25) is 4.79 Å². The van der Waals surface area contributed by atoms with Gasteiger partial charge in [0.2, 0.25) is 15.9 Å². The molecule has 3 aromatic rings. The molecule has 0 aliphatic heterocycles. The van der Waals surface area contributed by atoms with Gasteiger partial charge in [-0.1, -0.05) is 72.3 Å². The van der Waals surface area contributed by atoms with Gasteiger partial charge in [-0.05, 0) is 42.2 Å². The van der Waals surface area contributed by atoms with E-state index in [0.29, 0.717) is 12.0 Å². The highest BCUT2D eigenvalue weighted by Gasteiger charge is 2.34. The third kappa shape index (κ3) is 5.97. The highest BCUT2D eigenvalue weighted by molar-refractivity contribution is 7.89. The lowest BCUT2D eigenvalue weighted by Crippen LogP contribution is -2.39. The zero-order valence-electron chi connectivity index (χ0n) is 19.5. The van der Waals surface area contributed by atoms with Crippen LogP contribution in [0, 0.1) is 6.92 Å². The Labute approximate surface area is 205 Å². The molecule has 4 atom stereocenters. The Morgan fingerprint density at radius 3 is 2.37 bits per heavy atom. The molecule has 4 N–H and O–H groups in total. The van der Waals surface area contributed by atoms with Crippen molar-refractivity contribution in [2.75, 3.05) is 6.54 Å². The lowest BCUT2D eigenvalue weighted by atomic mass is 9.91. The zero-order chi connectivity index (χ0) is 25.0. The van der Waals surface area contributed by atoms with E-state index < -0.39 is 34.2 Å². The van der Waals surface area contributed by atoms with Crippen LogP contribution in [0.4, 0.5) is 0 Å². The van der Waals surface area contributed by atoms with Crippen LogP contribution in [0.15, 0.2) is 83.8 Å². The maximum Gasteiger partial charge on any atom is 0.240 e. The predicted octanol–water partition coefficient (Wildman–Crippen LogP) is 2.58. The molecule has 0 radical (unpaired) electrons. The van der Waals surface area contributed by atoms with Crippen LogP contribution in [0.5, 0.6) is 0 Å².